The summed E-state index contributed by atoms with van der Waals surface area (Å²) in [5.41, 5.74) is 7.42. The molecule has 0 bridgehead atoms. The second-order valence-corrected chi connectivity index (χ2v) is 13.9. The molecule has 1 N–H and O–H groups in total. The van der Waals surface area contributed by atoms with Crippen molar-refractivity contribution in [2.24, 2.45) is 4.99 Å². The van der Waals surface area contributed by atoms with E-state index in [1.807, 2.05) is 42.6 Å². The van der Waals surface area contributed by atoms with E-state index in [0.29, 0.717) is 5.71 Å². The lowest BCUT2D eigenvalue weighted by atomic mass is 9.94. The van der Waals surface area contributed by atoms with Crippen LogP contribution in [0, 0.1) is 5.41 Å². The Labute approximate surface area is 300 Å². The zero-order valence-corrected chi connectivity index (χ0v) is 28.6. The predicted molar refractivity (Wildman–Crippen MR) is 220 cm³/mol. The Hall–Kier alpha value is -6.42. The topological polar surface area (TPSA) is 36.2 Å². The van der Waals surface area contributed by atoms with Gasteiger partial charge in [0.2, 0.25) is 0 Å². The molecule has 0 aliphatic heterocycles. The third-order valence-electron chi connectivity index (χ3n) is 9.60. The molecule has 0 saturated carbocycles. The van der Waals surface area contributed by atoms with Crippen LogP contribution in [0.4, 0.5) is 0 Å². The highest BCUT2D eigenvalue weighted by Crippen LogP contribution is 2.36. The Bertz CT molecular complexity index is 2770. The van der Waals surface area contributed by atoms with Crippen LogP contribution < -0.4 is 0 Å². The molecule has 0 fully saturated rings. The van der Waals surface area contributed by atoms with Crippen molar-refractivity contribution in [3.05, 3.63) is 199 Å². The summed E-state index contributed by atoms with van der Waals surface area (Å²) in [5.74, 6) is 0. The molecule has 0 atom stereocenters. The first-order chi connectivity index (χ1) is 25.2. The highest BCUT2D eigenvalue weighted by molar-refractivity contribution is 7.22. The number of hydrogen-bond donors (Lipinski definition) is 1. The monoisotopic (exact) mass is 668 g/mol. The Morgan fingerprint density at radius 3 is 1.98 bits per heavy atom. The minimum absolute atomic E-state index is 0.405. The van der Waals surface area contributed by atoms with Crippen LogP contribution in [-0.2, 0) is 0 Å². The molecular weight excluding hydrogens is 637 g/mol. The van der Waals surface area contributed by atoms with Crippen LogP contribution in [0.15, 0.2) is 187 Å². The van der Waals surface area contributed by atoms with Gasteiger partial charge in [-0.2, -0.15) is 0 Å². The molecule has 0 radical (unpaired) electrons. The van der Waals surface area contributed by atoms with E-state index in [1.54, 1.807) is 11.3 Å². The zero-order chi connectivity index (χ0) is 34.1. The van der Waals surface area contributed by atoms with Crippen LogP contribution in [0.5, 0.6) is 0 Å². The average molecular weight is 669 g/mol. The molecule has 0 amide bonds. The Morgan fingerprint density at radius 2 is 1.16 bits per heavy atom. The van der Waals surface area contributed by atoms with E-state index in [2.05, 4.69) is 146 Å². The van der Waals surface area contributed by atoms with E-state index < -0.39 is 0 Å². The van der Waals surface area contributed by atoms with Crippen LogP contribution in [-0.4, -0.2) is 11.9 Å². The number of nitrogens with one attached hydrogen (secondary N) is 1. The summed E-state index contributed by atoms with van der Waals surface area (Å²) in [7, 11) is 0. The van der Waals surface area contributed by atoms with E-state index >= 15 is 0 Å². The van der Waals surface area contributed by atoms with Crippen LogP contribution in [0.25, 0.3) is 69.7 Å². The molecular formula is C48H32N2S. The zero-order valence-electron chi connectivity index (χ0n) is 27.8. The Kier molecular flexibility index (Phi) is 7.88. The van der Waals surface area contributed by atoms with Crippen LogP contribution in [0.2, 0.25) is 0 Å². The number of aliphatic imine (C=N–C) groups is 1. The van der Waals surface area contributed by atoms with Gasteiger partial charge in [0, 0.05) is 26.9 Å². The predicted octanol–water partition coefficient (Wildman–Crippen LogP) is 13.2. The fourth-order valence-electron chi connectivity index (χ4n) is 6.97. The number of fused-ring (bicyclic) bond motifs is 5. The molecule has 0 unspecified atom stereocenters. The van der Waals surface area contributed by atoms with Crippen molar-refractivity contribution in [1.82, 2.24) is 0 Å². The van der Waals surface area contributed by atoms with Gasteiger partial charge in [0.1, 0.15) is 0 Å². The van der Waals surface area contributed by atoms with Gasteiger partial charge in [-0.25, -0.2) is 0 Å². The fourth-order valence-corrected chi connectivity index (χ4v) is 8.03. The lowest BCUT2D eigenvalue weighted by molar-refractivity contribution is 1.47. The third-order valence-corrected chi connectivity index (χ3v) is 10.8. The molecule has 240 valence electrons. The van der Waals surface area contributed by atoms with E-state index in [0.717, 1.165) is 49.9 Å². The number of rotatable bonds is 7. The Morgan fingerprint density at radius 1 is 0.471 bits per heavy atom. The van der Waals surface area contributed by atoms with Gasteiger partial charge < -0.3 is 5.41 Å². The molecule has 1 aromatic heterocycles. The molecule has 0 aliphatic rings. The lowest BCUT2D eigenvalue weighted by Crippen LogP contribution is -1.97. The van der Waals surface area contributed by atoms with Crippen molar-refractivity contribution < 1.29 is 0 Å². The van der Waals surface area contributed by atoms with Gasteiger partial charge in [0.15, 0.2) is 0 Å². The summed E-state index contributed by atoms with van der Waals surface area (Å²) in [6.45, 7) is 0. The molecule has 8 aromatic carbocycles. The minimum Gasteiger partial charge on any atom is -0.300 e. The van der Waals surface area contributed by atoms with Crippen molar-refractivity contribution in [3.63, 3.8) is 0 Å². The molecule has 0 saturated heterocycles. The van der Waals surface area contributed by atoms with Crippen molar-refractivity contribution >= 4 is 71.4 Å². The van der Waals surface area contributed by atoms with Gasteiger partial charge >= 0.3 is 0 Å². The van der Waals surface area contributed by atoms with Gasteiger partial charge in [-0.15, -0.1) is 11.3 Å². The maximum Gasteiger partial charge on any atom is 0.0723 e. The highest BCUT2D eigenvalue weighted by Gasteiger charge is 2.12. The van der Waals surface area contributed by atoms with E-state index in [1.165, 1.54) is 36.5 Å². The average Bonchev–Trinajstić information content (AvgIpc) is 3.64. The summed E-state index contributed by atoms with van der Waals surface area (Å²) in [5, 5.41) is 17.6. The van der Waals surface area contributed by atoms with Gasteiger partial charge in [-0.3, -0.25) is 4.99 Å². The minimum atomic E-state index is 0.405. The van der Waals surface area contributed by atoms with Gasteiger partial charge in [0.25, 0.3) is 0 Å². The maximum atomic E-state index is 9.26. The van der Waals surface area contributed by atoms with Gasteiger partial charge in [-0.05, 0) is 90.3 Å². The van der Waals surface area contributed by atoms with Crippen molar-refractivity contribution in [2.75, 3.05) is 0 Å². The van der Waals surface area contributed by atoms with Gasteiger partial charge in [0.05, 0.1) is 11.4 Å². The van der Waals surface area contributed by atoms with E-state index in [9.17, 15) is 5.41 Å². The van der Waals surface area contributed by atoms with Crippen LogP contribution in [0.3, 0.4) is 0 Å². The number of benzene rings is 8. The maximum absolute atomic E-state index is 9.26. The summed E-state index contributed by atoms with van der Waals surface area (Å²) >= 11 is 1.79. The second kappa shape index (κ2) is 13.1. The second-order valence-electron chi connectivity index (χ2n) is 12.8. The smallest absolute Gasteiger partial charge is 0.0723 e. The molecule has 9 aromatic rings. The molecule has 3 heteroatoms. The number of allylic oxidation sites excluding steroid dienone is 1. The van der Waals surface area contributed by atoms with Crippen molar-refractivity contribution in [2.45, 2.75) is 0 Å². The van der Waals surface area contributed by atoms with E-state index in [-0.39, 0.29) is 0 Å². The summed E-state index contributed by atoms with van der Waals surface area (Å²) in [4.78, 5) is 6.46. The van der Waals surface area contributed by atoms with Crippen LogP contribution >= 0.6 is 11.3 Å². The SMILES string of the molecule is N=C(/C=C(\N=Cc1c2ccccc2cc2c1ccc1ccccc12)c1cccc(-c2cc3ccccc3s2)c1)c1ccc(-c2ccccc2)cc1. The molecule has 51 heavy (non-hydrogen) atoms. The van der Waals surface area contributed by atoms with Crippen LogP contribution in [0.1, 0.15) is 16.7 Å². The normalized spacial score (nSPS) is 12.0. The molecule has 2 nitrogen and oxygen atoms in total. The summed E-state index contributed by atoms with van der Waals surface area (Å²) < 4.78 is 1.27. The first-order valence-corrected chi connectivity index (χ1v) is 17.9. The number of nitrogens with zero attached hydrogens (tertiary/aromatic N) is 1. The molecule has 9 rings (SSSR count). The molecule has 1 heterocycles. The summed E-state index contributed by atoms with van der Waals surface area (Å²) in [6.07, 6.45) is 3.91. The highest BCUT2D eigenvalue weighted by atomic mass is 32.1. The van der Waals surface area contributed by atoms with Gasteiger partial charge in [-0.1, -0.05) is 152 Å². The van der Waals surface area contributed by atoms with Crippen molar-refractivity contribution in [1.29, 1.82) is 5.41 Å². The quantitative estimate of drug-likeness (QED) is 0.0997. The first-order valence-electron chi connectivity index (χ1n) is 17.1. The molecule has 0 aliphatic carbocycles. The largest absolute Gasteiger partial charge is 0.300 e. The third kappa shape index (κ3) is 5.94. The van der Waals surface area contributed by atoms with Crippen molar-refractivity contribution in [3.8, 4) is 21.6 Å². The number of hydrogen-bond acceptors (Lipinski definition) is 3. The lowest BCUT2D eigenvalue weighted by Gasteiger charge is -2.12. The molecule has 0 spiro atoms. The Balaban J connectivity index is 1.18. The van der Waals surface area contributed by atoms with E-state index in [4.69, 9.17) is 4.99 Å². The standard InChI is InChI=1S/C48H32N2S/c49-45(35-23-21-33(22-24-35)32-11-2-1-3-12-32)30-46(37-16-10-17-38(27-37)48-29-39-15-6-9-20-47(39)51-48)50-31-44-41-19-8-5-14-36(41)28-43-40-18-7-4-13-34(40)25-26-42(43)44/h1-31,49H/b46-30-,49-45?,50-31?. The summed E-state index contributed by atoms with van der Waals surface area (Å²) in [6, 6.07) is 61.7. The number of thiophene rings is 1. The first kappa shape index (κ1) is 30.6. The fraction of sp³-hybridized carbons (Fsp3) is 0.